The zero-order chi connectivity index (χ0) is 20.8. The van der Waals surface area contributed by atoms with Crippen LogP contribution in [-0.2, 0) is 20.5 Å². The molecule has 0 unspecified atom stereocenters. The summed E-state index contributed by atoms with van der Waals surface area (Å²) in [7, 11) is -0.379. The Balaban J connectivity index is 1.40. The highest BCUT2D eigenvalue weighted by Gasteiger charge is 2.62. The molecule has 4 fully saturated rings. The van der Waals surface area contributed by atoms with Crippen LogP contribution < -0.4 is 11.1 Å². The molecule has 3 aliphatic carbocycles. The summed E-state index contributed by atoms with van der Waals surface area (Å²) < 4.78 is 12.8. The fourth-order valence-electron chi connectivity index (χ4n) is 5.55. The van der Waals surface area contributed by atoms with E-state index >= 15 is 0 Å². The maximum atomic E-state index is 12.8. The second kappa shape index (κ2) is 8.05. The summed E-state index contributed by atoms with van der Waals surface area (Å²) in [4.78, 5) is 12.8. The van der Waals surface area contributed by atoms with Crippen molar-refractivity contribution in [1.82, 2.24) is 5.32 Å². The molecular formula is C23H35BN2O3. The van der Waals surface area contributed by atoms with E-state index in [1.54, 1.807) is 0 Å². The van der Waals surface area contributed by atoms with Crippen molar-refractivity contribution in [3.8, 4) is 0 Å². The second-order valence-corrected chi connectivity index (χ2v) is 10.3. The summed E-state index contributed by atoms with van der Waals surface area (Å²) in [5.74, 6) is 1.41. The summed E-state index contributed by atoms with van der Waals surface area (Å²) in [6.07, 6.45) is 3.97. The molecule has 2 bridgehead atoms. The highest BCUT2D eigenvalue weighted by atomic mass is 16.7. The van der Waals surface area contributed by atoms with Crippen molar-refractivity contribution in [3.63, 3.8) is 0 Å². The third kappa shape index (κ3) is 4.12. The van der Waals surface area contributed by atoms with Crippen molar-refractivity contribution < 1.29 is 14.1 Å². The first-order chi connectivity index (χ1) is 13.8. The van der Waals surface area contributed by atoms with Gasteiger partial charge in [-0.2, -0.15) is 0 Å². The highest BCUT2D eigenvalue weighted by molar-refractivity contribution is 6.47. The van der Waals surface area contributed by atoms with Crippen LogP contribution in [-0.4, -0.2) is 37.2 Å². The number of amides is 1. The maximum absolute atomic E-state index is 12.8. The predicted octanol–water partition coefficient (Wildman–Crippen LogP) is 2.96. The lowest BCUT2D eigenvalue weighted by atomic mass is 9.47. The molecule has 5 rings (SSSR count). The van der Waals surface area contributed by atoms with Gasteiger partial charge in [-0.15, -0.1) is 0 Å². The van der Waals surface area contributed by atoms with Gasteiger partial charge in [-0.3, -0.25) is 4.79 Å². The number of nitrogens with one attached hydrogen (secondary N) is 1. The van der Waals surface area contributed by atoms with Crippen molar-refractivity contribution in [3.05, 3.63) is 35.9 Å². The van der Waals surface area contributed by atoms with E-state index in [2.05, 4.69) is 33.0 Å². The van der Waals surface area contributed by atoms with E-state index in [1.165, 1.54) is 6.42 Å². The molecule has 3 N–H and O–H groups in total. The third-order valence-corrected chi connectivity index (χ3v) is 7.44. The molecule has 0 aromatic heterocycles. The molecule has 1 heterocycles. The molecule has 29 heavy (non-hydrogen) atoms. The second-order valence-electron chi connectivity index (χ2n) is 10.3. The summed E-state index contributed by atoms with van der Waals surface area (Å²) in [6, 6.07) is 9.32. The minimum absolute atomic E-state index is 0.133. The molecular weight excluding hydrogens is 363 g/mol. The van der Waals surface area contributed by atoms with Gasteiger partial charge in [0.15, 0.2) is 0 Å². The lowest BCUT2D eigenvalue weighted by Crippen LogP contribution is -2.59. The van der Waals surface area contributed by atoms with Crippen LogP contribution in [0, 0.1) is 23.2 Å². The Morgan fingerprint density at radius 3 is 2.62 bits per heavy atom. The quantitative estimate of drug-likeness (QED) is 0.693. The van der Waals surface area contributed by atoms with Crippen molar-refractivity contribution in [1.29, 1.82) is 0 Å². The van der Waals surface area contributed by atoms with Crippen molar-refractivity contribution in [2.75, 3.05) is 0 Å². The fraction of sp³-hybridized carbons (Fsp3) is 0.696. The number of benzene rings is 1. The largest absolute Gasteiger partial charge is 0.481 e. The van der Waals surface area contributed by atoms with Crippen LogP contribution in [0.25, 0.3) is 0 Å². The van der Waals surface area contributed by atoms with Crippen LogP contribution in [0.2, 0.25) is 0 Å². The highest BCUT2D eigenvalue weighted by Crippen LogP contribution is 2.61. The van der Waals surface area contributed by atoms with Gasteiger partial charge in [-0.1, -0.05) is 58.0 Å². The van der Waals surface area contributed by atoms with E-state index in [0.717, 1.165) is 24.3 Å². The van der Waals surface area contributed by atoms with Gasteiger partial charge in [0.25, 0.3) is 0 Å². The van der Waals surface area contributed by atoms with Crippen LogP contribution >= 0.6 is 0 Å². The maximum Gasteiger partial charge on any atom is 0.481 e. The van der Waals surface area contributed by atoms with Gasteiger partial charge in [-0.05, 0) is 54.4 Å². The van der Waals surface area contributed by atoms with E-state index in [4.69, 9.17) is 15.0 Å². The number of carbonyl (C=O) groups is 1. The smallest absolute Gasteiger partial charge is 0.404 e. The summed E-state index contributed by atoms with van der Waals surface area (Å²) in [5.41, 5.74) is 7.62. The zero-order valence-electron chi connectivity index (χ0n) is 18.1. The SMILES string of the molecule is CC(C)C[C@H](NC(=O)[C@@H](N)Cc1ccccc1)B1O[C@H]2[C@H]3C[C@@H](C[C@H]2O1)C3(C)C. The lowest BCUT2D eigenvalue weighted by Gasteiger charge is -2.60. The van der Waals surface area contributed by atoms with Gasteiger partial charge in [0.2, 0.25) is 5.91 Å². The van der Waals surface area contributed by atoms with Crippen LogP contribution in [0.1, 0.15) is 52.5 Å². The minimum atomic E-state index is -0.581. The van der Waals surface area contributed by atoms with Gasteiger partial charge in [0, 0.05) is 0 Å². The molecule has 158 valence electrons. The van der Waals surface area contributed by atoms with Crippen LogP contribution in [0.4, 0.5) is 0 Å². The Morgan fingerprint density at radius 2 is 1.97 bits per heavy atom. The monoisotopic (exact) mass is 398 g/mol. The van der Waals surface area contributed by atoms with Gasteiger partial charge >= 0.3 is 7.12 Å². The molecule has 0 radical (unpaired) electrons. The van der Waals surface area contributed by atoms with Gasteiger partial charge in [0.1, 0.15) is 0 Å². The Bertz CT molecular complexity index is 726. The molecule has 5 nitrogen and oxygen atoms in total. The van der Waals surface area contributed by atoms with E-state index < -0.39 is 6.04 Å². The Kier molecular flexibility index (Phi) is 5.80. The molecule has 6 heteroatoms. The number of carbonyl (C=O) groups excluding carboxylic acids is 1. The first-order valence-electron chi connectivity index (χ1n) is 11.2. The van der Waals surface area contributed by atoms with Crippen molar-refractivity contribution >= 4 is 13.0 Å². The summed E-state index contributed by atoms with van der Waals surface area (Å²) in [5, 5.41) is 3.16. The fourth-order valence-corrected chi connectivity index (χ4v) is 5.55. The minimum Gasteiger partial charge on any atom is -0.404 e. The van der Waals surface area contributed by atoms with Gasteiger partial charge in [0.05, 0.1) is 24.2 Å². The third-order valence-electron chi connectivity index (χ3n) is 7.44. The molecule has 1 aromatic rings. The summed E-state index contributed by atoms with van der Waals surface area (Å²) in [6.45, 7) is 9.03. The van der Waals surface area contributed by atoms with E-state index in [1.807, 2.05) is 30.3 Å². The van der Waals surface area contributed by atoms with Crippen LogP contribution in [0.3, 0.4) is 0 Å². The van der Waals surface area contributed by atoms with Crippen LogP contribution in [0.5, 0.6) is 0 Å². The number of rotatable bonds is 7. The van der Waals surface area contributed by atoms with E-state index in [0.29, 0.717) is 23.7 Å². The number of hydrogen-bond acceptors (Lipinski definition) is 4. The first-order valence-corrected chi connectivity index (χ1v) is 11.2. The van der Waals surface area contributed by atoms with E-state index in [9.17, 15) is 4.79 Å². The van der Waals surface area contributed by atoms with Gasteiger partial charge in [-0.25, -0.2) is 0 Å². The molecule has 1 amide bonds. The lowest BCUT2D eigenvalue weighted by molar-refractivity contribution is -0.150. The Morgan fingerprint density at radius 1 is 1.24 bits per heavy atom. The van der Waals surface area contributed by atoms with Crippen molar-refractivity contribution in [2.24, 2.45) is 28.9 Å². The molecule has 6 atom stereocenters. The zero-order valence-corrected chi connectivity index (χ0v) is 18.1. The molecule has 1 aliphatic heterocycles. The average Bonchev–Trinajstić information content (AvgIpc) is 3.11. The molecule has 0 spiro atoms. The standard InChI is InChI=1S/C23H35BN2O3/c1-14(2)10-20(26-22(27)18(25)11-15-8-6-5-7-9-15)24-28-19-13-16-12-17(21(19)29-24)23(16,3)4/h5-9,14,16-21H,10-13,25H2,1-4H3,(H,26,27)/t16-,17+,18-,19+,20-,21-/m0/s1. The molecule has 1 saturated heterocycles. The normalized spacial score (nSPS) is 31.7. The summed E-state index contributed by atoms with van der Waals surface area (Å²) >= 11 is 0. The van der Waals surface area contributed by atoms with Gasteiger partial charge < -0.3 is 20.4 Å². The Labute approximate surface area is 175 Å². The first kappa shape index (κ1) is 20.9. The Hall–Kier alpha value is -1.37. The predicted molar refractivity (Wildman–Crippen MR) is 115 cm³/mol. The van der Waals surface area contributed by atoms with Crippen LogP contribution in [0.15, 0.2) is 30.3 Å². The number of nitrogens with two attached hydrogens (primary N) is 1. The molecule has 4 aliphatic rings. The topological polar surface area (TPSA) is 73.6 Å². The number of hydrogen-bond donors (Lipinski definition) is 2. The average molecular weight is 398 g/mol. The molecule has 3 saturated carbocycles. The van der Waals surface area contributed by atoms with E-state index in [-0.39, 0.29) is 31.2 Å². The molecule has 1 aromatic carbocycles. The van der Waals surface area contributed by atoms with Crippen molar-refractivity contribution in [2.45, 2.75) is 77.6 Å².